The highest BCUT2D eigenvalue weighted by molar-refractivity contribution is 5.68. The van der Waals surface area contributed by atoms with Gasteiger partial charge in [0.2, 0.25) is 0 Å². The third-order valence-electron chi connectivity index (χ3n) is 3.28. The first-order valence-electron chi connectivity index (χ1n) is 7.60. The molecule has 0 unspecified atom stereocenters. The molecule has 1 aromatic carbocycles. The number of rotatable bonds is 6. The van der Waals surface area contributed by atoms with E-state index in [-0.39, 0.29) is 12.6 Å². The molecular weight excluding hydrogens is 280 g/mol. The van der Waals surface area contributed by atoms with Crippen molar-refractivity contribution in [2.24, 2.45) is 0 Å². The maximum Gasteiger partial charge on any atom is 0.408 e. The second-order valence-electron chi connectivity index (χ2n) is 7.18. The van der Waals surface area contributed by atoms with Crippen molar-refractivity contribution in [3.05, 3.63) is 35.9 Å². The first-order chi connectivity index (χ1) is 10.1. The number of nitrogens with one attached hydrogen (secondary N) is 1. The highest BCUT2D eigenvalue weighted by Gasteiger charge is 2.26. The second-order valence-corrected chi connectivity index (χ2v) is 7.18. The van der Waals surface area contributed by atoms with Gasteiger partial charge in [0.05, 0.1) is 20.7 Å². The Kier molecular flexibility index (Phi) is 6.38. The molecule has 1 amide bonds. The Labute approximate surface area is 133 Å². The summed E-state index contributed by atoms with van der Waals surface area (Å²) in [6.07, 6.45) is -0.426. The van der Waals surface area contributed by atoms with Crippen LogP contribution >= 0.6 is 0 Å². The molecule has 0 fully saturated rings. The van der Waals surface area contributed by atoms with Crippen molar-refractivity contribution in [2.75, 3.05) is 33.8 Å². The zero-order chi connectivity index (χ0) is 16.8. The monoisotopic (exact) mass is 309 g/mol. The van der Waals surface area contributed by atoms with Crippen LogP contribution < -0.4 is 5.32 Å². The zero-order valence-corrected chi connectivity index (χ0v) is 14.3. The first kappa shape index (κ1) is 18.5. The summed E-state index contributed by atoms with van der Waals surface area (Å²) < 4.78 is 5.96. The number of amides is 1. The number of alkyl carbamates (subject to hydrolysis) is 1. The SMILES string of the molecule is CC(C)(C)OC(=O)N[C@@H](C[N+](C)(C)CCO)c1ccccc1. The van der Waals surface area contributed by atoms with Gasteiger partial charge in [0.15, 0.2) is 0 Å². The van der Waals surface area contributed by atoms with E-state index in [0.717, 1.165) is 5.56 Å². The average Bonchev–Trinajstić information content (AvgIpc) is 2.36. The minimum Gasteiger partial charge on any atom is -0.444 e. The van der Waals surface area contributed by atoms with Crippen molar-refractivity contribution in [3.8, 4) is 0 Å². The van der Waals surface area contributed by atoms with E-state index in [9.17, 15) is 9.90 Å². The largest absolute Gasteiger partial charge is 0.444 e. The molecule has 0 saturated carbocycles. The van der Waals surface area contributed by atoms with Gasteiger partial charge >= 0.3 is 6.09 Å². The lowest BCUT2D eigenvalue weighted by Gasteiger charge is -2.33. The van der Waals surface area contributed by atoms with Crippen molar-refractivity contribution < 1.29 is 19.1 Å². The topological polar surface area (TPSA) is 58.6 Å². The lowest BCUT2D eigenvalue weighted by atomic mass is 10.1. The maximum absolute atomic E-state index is 12.1. The fourth-order valence-corrected chi connectivity index (χ4v) is 2.23. The van der Waals surface area contributed by atoms with Crippen LogP contribution in [0.1, 0.15) is 32.4 Å². The summed E-state index contributed by atoms with van der Waals surface area (Å²) in [4.78, 5) is 12.1. The van der Waals surface area contributed by atoms with Crippen LogP contribution in [0, 0.1) is 0 Å². The number of hydrogen-bond acceptors (Lipinski definition) is 3. The molecule has 0 saturated heterocycles. The molecule has 0 aromatic heterocycles. The number of aliphatic hydroxyl groups excluding tert-OH is 1. The fourth-order valence-electron chi connectivity index (χ4n) is 2.23. The summed E-state index contributed by atoms with van der Waals surface area (Å²) in [7, 11) is 4.06. The Morgan fingerprint density at radius 3 is 2.36 bits per heavy atom. The minimum atomic E-state index is -0.527. The molecule has 1 aromatic rings. The molecule has 22 heavy (non-hydrogen) atoms. The predicted octanol–water partition coefficient (Wildman–Crippen LogP) is 2.32. The van der Waals surface area contributed by atoms with Crippen molar-refractivity contribution in [2.45, 2.75) is 32.4 Å². The van der Waals surface area contributed by atoms with Crippen LogP contribution in [0.2, 0.25) is 0 Å². The van der Waals surface area contributed by atoms with Crippen molar-refractivity contribution in [1.29, 1.82) is 0 Å². The number of quaternary nitrogens is 1. The standard InChI is InChI=1S/C17H28N2O3/c1-17(2,3)22-16(21)18-15(13-19(4,5)11-12-20)14-9-7-6-8-10-14/h6-10,15,20H,11-13H2,1-5H3/p+1/t15-/m0/s1. The third kappa shape index (κ3) is 6.91. The van der Waals surface area contributed by atoms with Gasteiger partial charge in [-0.15, -0.1) is 0 Å². The minimum absolute atomic E-state index is 0.112. The second kappa shape index (κ2) is 7.61. The molecule has 0 aliphatic rings. The van der Waals surface area contributed by atoms with Crippen LogP contribution in [0.3, 0.4) is 0 Å². The van der Waals surface area contributed by atoms with Gasteiger partial charge in [0.1, 0.15) is 24.7 Å². The molecule has 0 bridgehead atoms. The Morgan fingerprint density at radius 2 is 1.86 bits per heavy atom. The smallest absolute Gasteiger partial charge is 0.408 e. The van der Waals surface area contributed by atoms with E-state index in [0.29, 0.717) is 17.6 Å². The number of nitrogens with zero attached hydrogens (tertiary/aromatic N) is 1. The van der Waals surface area contributed by atoms with Crippen molar-refractivity contribution in [1.82, 2.24) is 5.32 Å². The van der Waals surface area contributed by atoms with Gasteiger partial charge in [0.25, 0.3) is 0 Å². The Balaban J connectivity index is 2.86. The van der Waals surface area contributed by atoms with Crippen LogP contribution in [0.25, 0.3) is 0 Å². The first-order valence-corrected chi connectivity index (χ1v) is 7.60. The molecule has 0 aliphatic heterocycles. The highest BCUT2D eigenvalue weighted by Crippen LogP contribution is 2.18. The van der Waals surface area contributed by atoms with E-state index in [2.05, 4.69) is 5.32 Å². The van der Waals surface area contributed by atoms with E-state index < -0.39 is 11.7 Å². The van der Waals surface area contributed by atoms with Crippen molar-refractivity contribution >= 4 is 6.09 Å². The number of benzene rings is 1. The quantitative estimate of drug-likeness (QED) is 0.793. The molecule has 0 radical (unpaired) electrons. The molecule has 1 rings (SSSR count). The molecule has 5 heteroatoms. The predicted molar refractivity (Wildman–Crippen MR) is 87.5 cm³/mol. The van der Waals surface area contributed by atoms with E-state index in [4.69, 9.17) is 4.74 Å². The maximum atomic E-state index is 12.1. The van der Waals surface area contributed by atoms with Crippen LogP contribution in [0.15, 0.2) is 30.3 Å². The van der Waals surface area contributed by atoms with Gasteiger partial charge in [-0.25, -0.2) is 4.79 Å². The van der Waals surface area contributed by atoms with E-state index in [1.54, 1.807) is 0 Å². The van der Waals surface area contributed by atoms with Crippen LogP contribution in [0.4, 0.5) is 4.79 Å². The van der Waals surface area contributed by atoms with Crippen LogP contribution in [-0.4, -0.2) is 55.1 Å². The molecular formula is C17H29N2O3+. The lowest BCUT2D eigenvalue weighted by Crippen LogP contribution is -2.49. The summed E-state index contributed by atoms with van der Waals surface area (Å²) >= 11 is 0. The number of carbonyl (C=O) groups is 1. The van der Waals surface area contributed by atoms with E-state index >= 15 is 0 Å². The fraction of sp³-hybridized carbons (Fsp3) is 0.588. The number of aliphatic hydroxyl groups is 1. The number of carbonyl (C=O) groups excluding carboxylic acids is 1. The van der Waals surface area contributed by atoms with Crippen LogP contribution in [0.5, 0.6) is 0 Å². The normalized spacial score (nSPS) is 13.5. The Bertz CT molecular complexity index is 467. The highest BCUT2D eigenvalue weighted by atomic mass is 16.6. The molecule has 1 atom stereocenters. The average molecular weight is 309 g/mol. The van der Waals surface area contributed by atoms with Gasteiger partial charge in [-0.3, -0.25) is 0 Å². The van der Waals surface area contributed by atoms with Crippen LogP contribution in [-0.2, 0) is 4.74 Å². The Hall–Kier alpha value is -1.59. The summed E-state index contributed by atoms with van der Waals surface area (Å²) in [6.45, 7) is 6.94. The molecule has 5 nitrogen and oxygen atoms in total. The Morgan fingerprint density at radius 1 is 1.27 bits per heavy atom. The molecule has 0 spiro atoms. The van der Waals surface area contributed by atoms with Gasteiger partial charge in [-0.05, 0) is 26.3 Å². The van der Waals surface area contributed by atoms with Gasteiger partial charge in [0, 0.05) is 0 Å². The molecule has 0 heterocycles. The molecule has 124 valence electrons. The number of hydrogen-bond donors (Lipinski definition) is 2. The summed E-state index contributed by atoms with van der Waals surface area (Å²) in [5, 5.41) is 12.1. The van der Waals surface area contributed by atoms with Gasteiger partial charge in [-0.1, -0.05) is 30.3 Å². The van der Waals surface area contributed by atoms with Crippen molar-refractivity contribution in [3.63, 3.8) is 0 Å². The molecule has 0 aliphatic carbocycles. The molecule has 2 N–H and O–H groups in total. The number of likely N-dealkylation sites (N-methyl/N-ethyl adjacent to an activating group) is 1. The lowest BCUT2D eigenvalue weighted by molar-refractivity contribution is -0.892. The van der Waals surface area contributed by atoms with Gasteiger partial charge in [-0.2, -0.15) is 0 Å². The van der Waals surface area contributed by atoms with Gasteiger partial charge < -0.3 is 19.6 Å². The number of ether oxygens (including phenoxy) is 1. The zero-order valence-electron chi connectivity index (χ0n) is 14.3. The van der Waals surface area contributed by atoms with E-state index in [1.165, 1.54) is 0 Å². The summed E-state index contributed by atoms with van der Waals surface area (Å²) in [6, 6.07) is 9.65. The summed E-state index contributed by atoms with van der Waals surface area (Å²) in [5.41, 5.74) is 0.498. The summed E-state index contributed by atoms with van der Waals surface area (Å²) in [5.74, 6) is 0. The van der Waals surface area contributed by atoms with E-state index in [1.807, 2.05) is 65.2 Å². The third-order valence-corrected chi connectivity index (χ3v) is 3.28.